The molecular formula is C28H30N2O4S2. The lowest BCUT2D eigenvalue weighted by atomic mass is 9.94. The van der Waals surface area contributed by atoms with Crippen LogP contribution in [0.2, 0.25) is 0 Å². The monoisotopic (exact) mass is 522 g/mol. The zero-order valence-corrected chi connectivity index (χ0v) is 21.6. The summed E-state index contributed by atoms with van der Waals surface area (Å²) in [4.78, 5) is 39.3. The summed E-state index contributed by atoms with van der Waals surface area (Å²) < 4.78 is 0. The van der Waals surface area contributed by atoms with Crippen LogP contribution < -0.4 is 10.6 Å². The van der Waals surface area contributed by atoms with Gasteiger partial charge in [0, 0.05) is 11.3 Å². The number of carbonyl (C=O) groups is 3. The van der Waals surface area contributed by atoms with Crippen LogP contribution in [-0.2, 0) is 27.2 Å². The topological polar surface area (TPSA) is 95.5 Å². The van der Waals surface area contributed by atoms with E-state index in [-0.39, 0.29) is 12.3 Å². The number of thiophene rings is 1. The number of thiol groups is 1. The van der Waals surface area contributed by atoms with Crippen LogP contribution in [0.3, 0.4) is 0 Å². The van der Waals surface area contributed by atoms with E-state index < -0.39 is 28.7 Å². The number of amides is 2. The van der Waals surface area contributed by atoms with Crippen molar-refractivity contribution in [1.29, 1.82) is 0 Å². The molecule has 1 aliphatic carbocycles. The molecule has 188 valence electrons. The number of rotatable bonds is 10. The molecule has 0 aliphatic heterocycles. The average Bonchev–Trinajstić information content (AvgIpc) is 3.55. The Morgan fingerprint density at radius 2 is 1.58 bits per heavy atom. The van der Waals surface area contributed by atoms with Crippen LogP contribution in [0.5, 0.6) is 0 Å². The second kappa shape index (κ2) is 11.8. The van der Waals surface area contributed by atoms with Gasteiger partial charge in [0.15, 0.2) is 0 Å². The molecule has 3 aromatic rings. The normalized spacial score (nSPS) is 16.1. The molecule has 36 heavy (non-hydrogen) atoms. The lowest BCUT2D eigenvalue weighted by Gasteiger charge is -2.31. The fourth-order valence-electron chi connectivity index (χ4n) is 4.60. The maximum absolute atomic E-state index is 13.4. The first-order valence-electron chi connectivity index (χ1n) is 12.1. The molecule has 2 unspecified atom stereocenters. The molecular weight excluding hydrogens is 492 g/mol. The zero-order chi connectivity index (χ0) is 25.5. The SMILES string of the molecule is O=C(NC1(C(=O)NC(Cc2cc(-c3ccccc3)cs2)C(=O)O)CCCC1)C(S)Cc1ccccc1. The largest absolute Gasteiger partial charge is 0.480 e. The van der Waals surface area contributed by atoms with Gasteiger partial charge >= 0.3 is 5.97 Å². The molecule has 2 atom stereocenters. The minimum absolute atomic E-state index is 0.172. The third-order valence-corrected chi connectivity index (χ3v) is 7.97. The third kappa shape index (κ3) is 6.36. The Bertz CT molecular complexity index is 1190. The molecule has 1 aliphatic rings. The molecule has 2 amide bonds. The van der Waals surface area contributed by atoms with Gasteiger partial charge in [-0.1, -0.05) is 73.5 Å². The molecule has 0 spiro atoms. The summed E-state index contributed by atoms with van der Waals surface area (Å²) >= 11 is 5.95. The molecule has 6 nitrogen and oxygen atoms in total. The van der Waals surface area contributed by atoms with Crippen LogP contribution in [0.25, 0.3) is 11.1 Å². The van der Waals surface area contributed by atoms with E-state index in [4.69, 9.17) is 0 Å². The highest BCUT2D eigenvalue weighted by Crippen LogP contribution is 2.31. The molecule has 1 aromatic heterocycles. The Morgan fingerprint density at radius 3 is 2.22 bits per heavy atom. The Hall–Kier alpha value is -3.10. The van der Waals surface area contributed by atoms with Crippen LogP contribution in [0.1, 0.15) is 36.1 Å². The van der Waals surface area contributed by atoms with Crippen molar-refractivity contribution >= 4 is 41.7 Å². The van der Waals surface area contributed by atoms with Gasteiger partial charge in [-0.15, -0.1) is 11.3 Å². The summed E-state index contributed by atoms with van der Waals surface area (Å²) in [5.41, 5.74) is 1.94. The van der Waals surface area contributed by atoms with Crippen LogP contribution in [0, 0.1) is 0 Å². The third-order valence-electron chi connectivity index (χ3n) is 6.60. The summed E-state index contributed by atoms with van der Waals surface area (Å²) in [6.07, 6.45) is 3.12. The first-order valence-corrected chi connectivity index (χ1v) is 13.5. The van der Waals surface area contributed by atoms with Crippen molar-refractivity contribution in [3.8, 4) is 11.1 Å². The number of benzene rings is 2. The van der Waals surface area contributed by atoms with Crippen molar-refractivity contribution in [1.82, 2.24) is 10.6 Å². The number of carbonyl (C=O) groups excluding carboxylic acids is 2. The van der Waals surface area contributed by atoms with E-state index in [1.807, 2.05) is 72.1 Å². The van der Waals surface area contributed by atoms with Crippen molar-refractivity contribution in [3.63, 3.8) is 0 Å². The van der Waals surface area contributed by atoms with E-state index in [1.165, 1.54) is 11.3 Å². The molecule has 8 heteroatoms. The highest BCUT2D eigenvalue weighted by atomic mass is 32.1. The average molecular weight is 523 g/mol. The van der Waals surface area contributed by atoms with Gasteiger partial charge in [0.05, 0.1) is 5.25 Å². The van der Waals surface area contributed by atoms with Gasteiger partial charge in [0.2, 0.25) is 11.8 Å². The Morgan fingerprint density at radius 1 is 0.944 bits per heavy atom. The highest BCUT2D eigenvalue weighted by molar-refractivity contribution is 7.81. The molecule has 0 radical (unpaired) electrons. The van der Waals surface area contributed by atoms with Crippen LogP contribution in [0.15, 0.2) is 72.1 Å². The molecule has 1 heterocycles. The van der Waals surface area contributed by atoms with Gasteiger partial charge in [0.1, 0.15) is 11.6 Å². The maximum atomic E-state index is 13.4. The Kier molecular flexibility index (Phi) is 8.48. The number of hydrogen-bond acceptors (Lipinski definition) is 5. The molecule has 0 saturated heterocycles. The molecule has 3 N–H and O–H groups in total. The van der Waals surface area contributed by atoms with Crippen LogP contribution >= 0.6 is 24.0 Å². The van der Waals surface area contributed by atoms with Crippen LogP contribution in [0.4, 0.5) is 0 Å². The van der Waals surface area contributed by atoms with Crippen molar-refractivity contribution < 1.29 is 19.5 Å². The first-order chi connectivity index (χ1) is 17.4. The van der Waals surface area contributed by atoms with Crippen LogP contribution in [-0.4, -0.2) is 39.7 Å². The molecule has 1 fully saturated rings. The number of carboxylic acid groups (broad SMARTS) is 1. The fourth-order valence-corrected chi connectivity index (χ4v) is 5.82. The van der Waals surface area contributed by atoms with Gasteiger partial charge < -0.3 is 15.7 Å². The van der Waals surface area contributed by atoms with E-state index in [0.29, 0.717) is 19.3 Å². The number of hydrogen-bond donors (Lipinski definition) is 4. The van der Waals surface area contributed by atoms with Crippen molar-refractivity contribution in [2.24, 2.45) is 0 Å². The van der Waals surface area contributed by atoms with Crippen molar-refractivity contribution in [2.45, 2.75) is 55.4 Å². The molecule has 1 saturated carbocycles. The van der Waals surface area contributed by atoms with Gasteiger partial charge in [-0.3, -0.25) is 9.59 Å². The smallest absolute Gasteiger partial charge is 0.326 e. The van der Waals surface area contributed by atoms with Gasteiger partial charge in [-0.2, -0.15) is 12.6 Å². The molecule has 0 bridgehead atoms. The van der Waals surface area contributed by atoms with E-state index >= 15 is 0 Å². The maximum Gasteiger partial charge on any atom is 0.326 e. The van der Waals surface area contributed by atoms with Crippen molar-refractivity contribution in [3.05, 3.63) is 82.6 Å². The van der Waals surface area contributed by atoms with Gasteiger partial charge in [-0.05, 0) is 47.4 Å². The van der Waals surface area contributed by atoms with Gasteiger partial charge in [-0.25, -0.2) is 4.79 Å². The summed E-state index contributed by atoms with van der Waals surface area (Å²) in [5.74, 6) is -1.87. The Labute approximate surface area is 220 Å². The minimum atomic E-state index is -1.12. The highest BCUT2D eigenvalue weighted by Gasteiger charge is 2.44. The summed E-state index contributed by atoms with van der Waals surface area (Å²) in [7, 11) is 0. The zero-order valence-electron chi connectivity index (χ0n) is 19.9. The summed E-state index contributed by atoms with van der Waals surface area (Å²) in [6, 6.07) is 20.3. The second-order valence-electron chi connectivity index (χ2n) is 9.22. The Balaban J connectivity index is 1.42. The first kappa shape index (κ1) is 26.0. The molecule has 2 aromatic carbocycles. The van der Waals surface area contributed by atoms with E-state index in [0.717, 1.165) is 34.4 Å². The van der Waals surface area contributed by atoms with E-state index in [1.54, 1.807) is 0 Å². The number of carboxylic acids is 1. The van der Waals surface area contributed by atoms with Crippen molar-refractivity contribution in [2.75, 3.05) is 0 Å². The number of nitrogens with one attached hydrogen (secondary N) is 2. The van der Waals surface area contributed by atoms with E-state index in [2.05, 4.69) is 23.3 Å². The number of aliphatic carboxylic acids is 1. The fraction of sp³-hybridized carbons (Fsp3) is 0.321. The van der Waals surface area contributed by atoms with E-state index in [9.17, 15) is 19.5 Å². The quantitative estimate of drug-likeness (QED) is 0.295. The summed E-state index contributed by atoms with van der Waals surface area (Å²) in [5, 5.41) is 16.9. The van der Waals surface area contributed by atoms with Gasteiger partial charge in [0.25, 0.3) is 0 Å². The lowest BCUT2D eigenvalue weighted by molar-refractivity contribution is -0.143. The standard InChI is InChI=1S/C28H30N2O4S2/c31-25(24(35)15-19-9-3-1-4-10-19)30-28(13-7-8-14-28)27(34)29-23(26(32)33)17-22-16-21(18-36-22)20-11-5-2-6-12-20/h1-6,9-12,16,18,23-24,35H,7-8,13-15,17H2,(H,29,34)(H,30,31)(H,32,33). The lowest BCUT2D eigenvalue weighted by Crippen LogP contribution is -2.61. The predicted molar refractivity (Wildman–Crippen MR) is 145 cm³/mol. The molecule has 4 rings (SSSR count). The summed E-state index contributed by atoms with van der Waals surface area (Å²) in [6.45, 7) is 0. The second-order valence-corrected chi connectivity index (χ2v) is 10.8. The minimum Gasteiger partial charge on any atom is -0.480 e. The predicted octanol–water partition coefficient (Wildman–Crippen LogP) is 4.50.